The summed E-state index contributed by atoms with van der Waals surface area (Å²) in [6.45, 7) is 4.18. The van der Waals surface area contributed by atoms with Crippen molar-refractivity contribution in [2.75, 3.05) is 14.2 Å². The first kappa shape index (κ1) is 16.3. The summed E-state index contributed by atoms with van der Waals surface area (Å²) in [6, 6.07) is 4.18. The molecule has 0 aromatic heterocycles. The monoisotopic (exact) mass is 291 g/mol. The molecule has 0 amide bonds. The summed E-state index contributed by atoms with van der Waals surface area (Å²) in [5, 5.41) is 0. The first-order chi connectivity index (χ1) is 10.0. The van der Waals surface area contributed by atoms with Crippen molar-refractivity contribution in [3.8, 4) is 5.75 Å². The Balaban J connectivity index is 2.37. The van der Waals surface area contributed by atoms with Gasteiger partial charge in [0.05, 0.1) is 18.8 Å². The summed E-state index contributed by atoms with van der Waals surface area (Å²) in [4.78, 5) is 0. The van der Waals surface area contributed by atoms with Gasteiger partial charge in [-0.05, 0) is 49.4 Å². The number of benzene rings is 1. The van der Waals surface area contributed by atoms with E-state index in [9.17, 15) is 0 Å². The first-order valence-corrected chi connectivity index (χ1v) is 8.00. The predicted molar refractivity (Wildman–Crippen MR) is 86.8 cm³/mol. The second-order valence-corrected chi connectivity index (χ2v) is 6.34. The van der Waals surface area contributed by atoms with Gasteiger partial charge in [-0.2, -0.15) is 0 Å². The quantitative estimate of drug-likeness (QED) is 0.851. The Bertz CT molecular complexity index is 476. The zero-order valence-electron chi connectivity index (χ0n) is 13.9. The zero-order valence-corrected chi connectivity index (χ0v) is 13.9. The lowest BCUT2D eigenvalue weighted by atomic mass is 9.81. The number of hydrogen-bond acceptors (Lipinski definition) is 3. The summed E-state index contributed by atoms with van der Waals surface area (Å²) < 4.78 is 11.4. The molecule has 1 aliphatic carbocycles. The highest BCUT2D eigenvalue weighted by Crippen LogP contribution is 2.40. The summed E-state index contributed by atoms with van der Waals surface area (Å²) in [5.41, 5.74) is 9.97. The van der Waals surface area contributed by atoms with Gasteiger partial charge in [-0.3, -0.25) is 0 Å². The molecule has 21 heavy (non-hydrogen) atoms. The molecule has 0 heterocycles. The average Bonchev–Trinajstić information content (AvgIpc) is 2.74. The van der Waals surface area contributed by atoms with Gasteiger partial charge in [0.15, 0.2) is 0 Å². The van der Waals surface area contributed by atoms with Gasteiger partial charge in [-0.1, -0.05) is 31.7 Å². The Hall–Kier alpha value is -1.06. The molecule has 1 saturated carbocycles. The third-order valence-electron chi connectivity index (χ3n) is 5.04. The van der Waals surface area contributed by atoms with Crippen LogP contribution in [0.25, 0.3) is 0 Å². The van der Waals surface area contributed by atoms with Gasteiger partial charge in [-0.25, -0.2) is 0 Å². The number of rotatable bonds is 4. The van der Waals surface area contributed by atoms with Crippen LogP contribution in [0.3, 0.4) is 0 Å². The second kappa shape index (κ2) is 6.80. The normalized spacial score (nSPS) is 19.9. The van der Waals surface area contributed by atoms with E-state index in [2.05, 4.69) is 26.0 Å². The van der Waals surface area contributed by atoms with Crippen molar-refractivity contribution in [2.45, 2.75) is 64.0 Å². The van der Waals surface area contributed by atoms with Gasteiger partial charge in [0.25, 0.3) is 0 Å². The van der Waals surface area contributed by atoms with Crippen LogP contribution in [0.4, 0.5) is 0 Å². The Kier molecular flexibility index (Phi) is 5.28. The Morgan fingerprint density at radius 2 is 1.62 bits per heavy atom. The maximum Gasteiger partial charge on any atom is 0.122 e. The minimum Gasteiger partial charge on any atom is -0.496 e. The molecule has 2 N–H and O–H groups in total. The molecule has 3 heteroatoms. The minimum atomic E-state index is -0.220. The standard InChI is InChI=1S/C18H29NO2/c1-13-12-16(20-3)14(2)11-15(13)17(19)18(21-4)9-7-5-6-8-10-18/h11-12,17H,5-10,19H2,1-4H3. The van der Waals surface area contributed by atoms with Crippen molar-refractivity contribution in [1.82, 2.24) is 0 Å². The van der Waals surface area contributed by atoms with E-state index in [-0.39, 0.29) is 11.6 Å². The van der Waals surface area contributed by atoms with Crippen molar-refractivity contribution in [3.05, 3.63) is 28.8 Å². The van der Waals surface area contributed by atoms with Crippen molar-refractivity contribution in [3.63, 3.8) is 0 Å². The lowest BCUT2D eigenvalue weighted by Crippen LogP contribution is -2.43. The zero-order chi connectivity index (χ0) is 15.5. The van der Waals surface area contributed by atoms with Crippen molar-refractivity contribution < 1.29 is 9.47 Å². The minimum absolute atomic E-state index is 0.0785. The predicted octanol–water partition coefficient (Wildman–Crippen LogP) is 4.05. The van der Waals surface area contributed by atoms with Gasteiger partial charge in [0, 0.05) is 7.11 Å². The fourth-order valence-electron chi connectivity index (χ4n) is 3.62. The highest BCUT2D eigenvalue weighted by atomic mass is 16.5. The van der Waals surface area contributed by atoms with Crippen LogP contribution in [-0.2, 0) is 4.74 Å². The molecule has 1 unspecified atom stereocenters. The molecule has 118 valence electrons. The molecule has 1 aromatic rings. The Morgan fingerprint density at radius 1 is 1.00 bits per heavy atom. The molecule has 0 bridgehead atoms. The number of aryl methyl sites for hydroxylation is 2. The third kappa shape index (κ3) is 3.24. The second-order valence-electron chi connectivity index (χ2n) is 6.34. The van der Waals surface area contributed by atoms with Crippen LogP contribution in [0.5, 0.6) is 5.75 Å². The summed E-state index contributed by atoms with van der Waals surface area (Å²) >= 11 is 0. The summed E-state index contributed by atoms with van der Waals surface area (Å²) in [5.74, 6) is 0.927. The summed E-state index contributed by atoms with van der Waals surface area (Å²) in [6.07, 6.45) is 7.09. The molecule has 1 fully saturated rings. The lowest BCUT2D eigenvalue weighted by molar-refractivity contribution is -0.0443. The van der Waals surface area contributed by atoms with Crippen molar-refractivity contribution in [1.29, 1.82) is 0 Å². The molecule has 0 aliphatic heterocycles. The van der Waals surface area contributed by atoms with Gasteiger partial charge in [-0.15, -0.1) is 0 Å². The topological polar surface area (TPSA) is 44.5 Å². The van der Waals surface area contributed by atoms with Crippen LogP contribution >= 0.6 is 0 Å². The van der Waals surface area contributed by atoms with E-state index in [1.54, 1.807) is 7.11 Å². The molecule has 1 aliphatic rings. The number of methoxy groups -OCH3 is 2. The van der Waals surface area contributed by atoms with Crippen molar-refractivity contribution >= 4 is 0 Å². The molecule has 2 rings (SSSR count). The van der Waals surface area contributed by atoms with Crippen LogP contribution in [0.15, 0.2) is 12.1 Å². The van der Waals surface area contributed by atoms with Crippen LogP contribution in [0, 0.1) is 13.8 Å². The van der Waals surface area contributed by atoms with Crippen molar-refractivity contribution in [2.24, 2.45) is 5.73 Å². The highest BCUT2D eigenvalue weighted by molar-refractivity contribution is 5.43. The van der Waals surface area contributed by atoms with Crippen LogP contribution in [-0.4, -0.2) is 19.8 Å². The van der Waals surface area contributed by atoms with Gasteiger partial charge < -0.3 is 15.2 Å². The molecule has 0 saturated heterocycles. The molecule has 3 nitrogen and oxygen atoms in total. The third-order valence-corrected chi connectivity index (χ3v) is 5.04. The Labute approximate surface area is 128 Å². The SMILES string of the molecule is COc1cc(C)c(C(N)C2(OC)CCCCCC2)cc1C. The summed E-state index contributed by atoms with van der Waals surface area (Å²) in [7, 11) is 3.53. The molecular formula is C18H29NO2. The lowest BCUT2D eigenvalue weighted by Gasteiger charge is -2.38. The highest BCUT2D eigenvalue weighted by Gasteiger charge is 2.38. The number of ether oxygens (including phenoxy) is 2. The van der Waals surface area contributed by atoms with E-state index in [1.165, 1.54) is 36.8 Å². The molecular weight excluding hydrogens is 262 g/mol. The largest absolute Gasteiger partial charge is 0.496 e. The molecule has 0 radical (unpaired) electrons. The van der Waals surface area contributed by atoms with E-state index < -0.39 is 0 Å². The maximum atomic E-state index is 6.68. The van der Waals surface area contributed by atoms with E-state index in [4.69, 9.17) is 15.2 Å². The number of nitrogens with two attached hydrogens (primary N) is 1. The van der Waals surface area contributed by atoms with Crippen LogP contribution in [0.2, 0.25) is 0 Å². The number of hydrogen-bond donors (Lipinski definition) is 1. The molecule has 1 aromatic carbocycles. The van der Waals surface area contributed by atoms with Crippen LogP contribution in [0.1, 0.15) is 61.3 Å². The maximum absolute atomic E-state index is 6.68. The fraction of sp³-hybridized carbons (Fsp3) is 0.667. The van der Waals surface area contributed by atoms with Gasteiger partial charge in [0.2, 0.25) is 0 Å². The van der Waals surface area contributed by atoms with Gasteiger partial charge >= 0.3 is 0 Å². The molecule has 0 spiro atoms. The smallest absolute Gasteiger partial charge is 0.122 e. The first-order valence-electron chi connectivity index (χ1n) is 8.00. The van der Waals surface area contributed by atoms with Gasteiger partial charge in [0.1, 0.15) is 5.75 Å². The van der Waals surface area contributed by atoms with E-state index in [0.29, 0.717) is 0 Å². The van der Waals surface area contributed by atoms with E-state index in [0.717, 1.165) is 24.2 Å². The van der Waals surface area contributed by atoms with E-state index in [1.807, 2.05) is 7.11 Å². The van der Waals surface area contributed by atoms with E-state index >= 15 is 0 Å². The fourth-order valence-corrected chi connectivity index (χ4v) is 3.62. The average molecular weight is 291 g/mol. The van der Waals surface area contributed by atoms with Crippen LogP contribution < -0.4 is 10.5 Å². The Morgan fingerprint density at radius 3 is 2.14 bits per heavy atom. The molecule has 1 atom stereocenters.